The summed E-state index contributed by atoms with van der Waals surface area (Å²) >= 11 is 0. The first-order valence-electron chi connectivity index (χ1n) is 6.76. The second-order valence-corrected chi connectivity index (χ2v) is 4.60. The summed E-state index contributed by atoms with van der Waals surface area (Å²) in [4.78, 5) is 4.14. The summed E-state index contributed by atoms with van der Waals surface area (Å²) < 4.78 is 5.65. The zero-order valence-corrected chi connectivity index (χ0v) is 11.8. The smallest absolute Gasteiger partial charge is 0.124 e. The third-order valence-corrected chi connectivity index (χ3v) is 3.11. The predicted molar refractivity (Wildman–Crippen MR) is 81.6 cm³/mol. The van der Waals surface area contributed by atoms with Gasteiger partial charge in [0.1, 0.15) is 12.4 Å². The maximum Gasteiger partial charge on any atom is 0.124 e. The third kappa shape index (κ3) is 3.93. The second kappa shape index (κ2) is 7.46. The van der Waals surface area contributed by atoms with Crippen LogP contribution in [0.3, 0.4) is 0 Å². The highest BCUT2D eigenvalue weighted by atomic mass is 16.5. The minimum absolute atomic E-state index is 0.246. The first-order valence-corrected chi connectivity index (χ1v) is 6.76. The molecule has 20 heavy (non-hydrogen) atoms. The largest absolute Gasteiger partial charge is 0.489 e. The lowest BCUT2D eigenvalue weighted by Gasteiger charge is -2.16. The van der Waals surface area contributed by atoms with Crippen molar-refractivity contribution in [1.82, 2.24) is 10.3 Å². The van der Waals surface area contributed by atoms with Gasteiger partial charge in [-0.2, -0.15) is 0 Å². The van der Waals surface area contributed by atoms with Crippen LogP contribution in [0.15, 0.2) is 61.4 Å². The van der Waals surface area contributed by atoms with Gasteiger partial charge in [-0.15, -0.1) is 0 Å². The Hall–Kier alpha value is -2.13. The topological polar surface area (TPSA) is 34.1 Å². The predicted octanol–water partition coefficient (Wildman–Crippen LogP) is 3.50. The van der Waals surface area contributed by atoms with Gasteiger partial charge in [-0.25, -0.2) is 0 Å². The van der Waals surface area contributed by atoms with Crippen molar-refractivity contribution < 1.29 is 4.74 Å². The Morgan fingerprint density at radius 3 is 2.90 bits per heavy atom. The average Bonchev–Trinajstić information content (AvgIpc) is 2.52. The van der Waals surface area contributed by atoms with E-state index in [1.54, 1.807) is 12.3 Å². The fourth-order valence-corrected chi connectivity index (χ4v) is 1.95. The number of rotatable bonds is 7. The van der Waals surface area contributed by atoms with E-state index < -0.39 is 0 Å². The van der Waals surface area contributed by atoms with E-state index in [2.05, 4.69) is 35.9 Å². The molecule has 0 saturated heterocycles. The molecular weight excluding hydrogens is 248 g/mol. The van der Waals surface area contributed by atoms with Crippen LogP contribution in [0.1, 0.15) is 24.1 Å². The zero-order valence-electron chi connectivity index (χ0n) is 11.8. The fourth-order valence-electron chi connectivity index (χ4n) is 1.95. The minimum Gasteiger partial charge on any atom is -0.489 e. The molecule has 0 fully saturated rings. The molecule has 0 saturated carbocycles. The van der Waals surface area contributed by atoms with Crippen LogP contribution >= 0.6 is 0 Å². The Balaban J connectivity index is 1.98. The Kier molecular flexibility index (Phi) is 5.33. The molecule has 0 unspecified atom stereocenters. The Labute approximate surface area is 120 Å². The zero-order chi connectivity index (χ0) is 14.2. The van der Waals surface area contributed by atoms with Crippen LogP contribution in [-0.2, 0) is 6.54 Å². The summed E-state index contributed by atoms with van der Waals surface area (Å²) in [6.45, 7) is 7.08. The second-order valence-electron chi connectivity index (χ2n) is 4.60. The Morgan fingerprint density at radius 2 is 2.15 bits per heavy atom. The maximum atomic E-state index is 5.65. The standard InChI is InChI=1S/C17H20N2O/c1-3-11-20-17-9-5-4-7-16(17)13-19-14(2)15-8-6-10-18-12-15/h3-10,12,14,19H,1,11,13H2,2H3/t14-/m0/s1. The van der Waals surface area contributed by atoms with E-state index in [1.165, 1.54) is 5.56 Å². The van der Waals surface area contributed by atoms with Crippen molar-refractivity contribution in [3.05, 3.63) is 72.6 Å². The molecule has 0 radical (unpaired) electrons. The lowest BCUT2D eigenvalue weighted by molar-refractivity contribution is 0.357. The van der Waals surface area contributed by atoms with E-state index in [4.69, 9.17) is 4.74 Å². The molecular formula is C17H20N2O. The van der Waals surface area contributed by atoms with Gasteiger partial charge < -0.3 is 10.1 Å². The molecule has 0 amide bonds. The van der Waals surface area contributed by atoms with Gasteiger partial charge in [-0.3, -0.25) is 4.98 Å². The van der Waals surface area contributed by atoms with Crippen LogP contribution in [0.2, 0.25) is 0 Å². The molecule has 1 aromatic carbocycles. The van der Waals surface area contributed by atoms with Crippen LogP contribution in [0, 0.1) is 0 Å². The number of hydrogen-bond acceptors (Lipinski definition) is 3. The van der Waals surface area contributed by atoms with Gasteiger partial charge in [-0.1, -0.05) is 36.9 Å². The number of pyridine rings is 1. The van der Waals surface area contributed by atoms with E-state index in [9.17, 15) is 0 Å². The summed E-state index contributed by atoms with van der Waals surface area (Å²) in [6, 6.07) is 12.3. The van der Waals surface area contributed by atoms with Crippen molar-refractivity contribution in [2.75, 3.05) is 6.61 Å². The molecule has 1 N–H and O–H groups in total. The van der Waals surface area contributed by atoms with Crippen LogP contribution in [0.25, 0.3) is 0 Å². The molecule has 2 aromatic rings. The third-order valence-electron chi connectivity index (χ3n) is 3.11. The van der Waals surface area contributed by atoms with E-state index in [0.29, 0.717) is 6.61 Å². The molecule has 0 aliphatic rings. The van der Waals surface area contributed by atoms with Gasteiger partial charge in [0, 0.05) is 30.5 Å². The van der Waals surface area contributed by atoms with Crippen molar-refractivity contribution in [3.63, 3.8) is 0 Å². The molecule has 1 aromatic heterocycles. The normalized spacial score (nSPS) is 11.8. The first-order chi connectivity index (χ1) is 9.81. The maximum absolute atomic E-state index is 5.65. The number of aromatic nitrogens is 1. The van der Waals surface area contributed by atoms with Crippen molar-refractivity contribution >= 4 is 0 Å². The first kappa shape index (κ1) is 14.3. The number of ether oxygens (including phenoxy) is 1. The highest BCUT2D eigenvalue weighted by Crippen LogP contribution is 2.19. The van der Waals surface area contributed by atoms with Crippen molar-refractivity contribution in [2.24, 2.45) is 0 Å². The van der Waals surface area contributed by atoms with Gasteiger partial charge in [0.25, 0.3) is 0 Å². The van der Waals surface area contributed by atoms with Crippen LogP contribution in [-0.4, -0.2) is 11.6 Å². The van der Waals surface area contributed by atoms with Crippen LogP contribution in [0.5, 0.6) is 5.75 Å². The summed E-state index contributed by atoms with van der Waals surface area (Å²) in [6.07, 6.45) is 5.43. The molecule has 0 spiro atoms. The minimum atomic E-state index is 0.246. The lowest BCUT2D eigenvalue weighted by atomic mass is 10.1. The van der Waals surface area contributed by atoms with Gasteiger partial charge in [0.05, 0.1) is 0 Å². The highest BCUT2D eigenvalue weighted by molar-refractivity contribution is 5.33. The van der Waals surface area contributed by atoms with Crippen LogP contribution in [0.4, 0.5) is 0 Å². The van der Waals surface area contributed by atoms with Gasteiger partial charge in [0.15, 0.2) is 0 Å². The molecule has 0 aliphatic carbocycles. The summed E-state index contributed by atoms with van der Waals surface area (Å²) in [5, 5.41) is 3.49. The number of nitrogens with zero attached hydrogens (tertiary/aromatic N) is 1. The van der Waals surface area contributed by atoms with E-state index in [1.807, 2.05) is 30.5 Å². The van der Waals surface area contributed by atoms with Crippen molar-refractivity contribution in [1.29, 1.82) is 0 Å². The van der Waals surface area contributed by atoms with Gasteiger partial charge >= 0.3 is 0 Å². The van der Waals surface area contributed by atoms with Crippen LogP contribution < -0.4 is 10.1 Å². The number of nitrogens with one attached hydrogen (secondary N) is 1. The molecule has 0 aliphatic heterocycles. The summed E-state index contributed by atoms with van der Waals surface area (Å²) in [7, 11) is 0. The number of para-hydroxylation sites is 1. The summed E-state index contributed by atoms with van der Waals surface area (Å²) in [5.74, 6) is 0.901. The van der Waals surface area contributed by atoms with E-state index in [0.717, 1.165) is 17.9 Å². The Bertz CT molecular complexity index is 540. The SMILES string of the molecule is C=CCOc1ccccc1CN[C@@H](C)c1cccnc1. The average molecular weight is 268 g/mol. The van der Waals surface area contributed by atoms with Crippen molar-refractivity contribution in [2.45, 2.75) is 19.5 Å². The monoisotopic (exact) mass is 268 g/mol. The molecule has 1 heterocycles. The lowest BCUT2D eigenvalue weighted by Crippen LogP contribution is -2.18. The number of hydrogen-bond donors (Lipinski definition) is 1. The molecule has 3 nitrogen and oxygen atoms in total. The fraction of sp³-hybridized carbons (Fsp3) is 0.235. The molecule has 2 rings (SSSR count). The molecule has 0 bridgehead atoms. The van der Waals surface area contributed by atoms with Gasteiger partial charge in [0.2, 0.25) is 0 Å². The van der Waals surface area contributed by atoms with E-state index >= 15 is 0 Å². The highest BCUT2D eigenvalue weighted by Gasteiger charge is 2.07. The molecule has 3 heteroatoms. The molecule has 104 valence electrons. The van der Waals surface area contributed by atoms with Crippen molar-refractivity contribution in [3.8, 4) is 5.75 Å². The van der Waals surface area contributed by atoms with Gasteiger partial charge in [-0.05, 0) is 24.6 Å². The Morgan fingerprint density at radius 1 is 1.30 bits per heavy atom. The summed E-state index contributed by atoms with van der Waals surface area (Å²) in [5.41, 5.74) is 2.32. The number of benzene rings is 1. The van der Waals surface area contributed by atoms with E-state index in [-0.39, 0.29) is 6.04 Å². The molecule has 1 atom stereocenters. The quantitative estimate of drug-likeness (QED) is 0.780.